The molecular formula is C32H51N7O8. The summed E-state index contributed by atoms with van der Waals surface area (Å²) in [7, 11) is 0. The van der Waals surface area contributed by atoms with E-state index in [9.17, 15) is 29.1 Å². The Morgan fingerprint density at radius 3 is 2.43 bits per heavy atom. The Hall–Kier alpha value is -3.59. The first-order valence-electron chi connectivity index (χ1n) is 16.7. The molecule has 0 aromatic carbocycles. The smallest absolute Gasteiger partial charge is 0.408 e. The predicted molar refractivity (Wildman–Crippen MR) is 169 cm³/mol. The van der Waals surface area contributed by atoms with Crippen molar-refractivity contribution in [2.75, 3.05) is 19.8 Å². The number of hydrogen-bond acceptors (Lipinski definition) is 10. The number of rotatable bonds is 10. The number of nitrogens with zero attached hydrogens (tertiary/aromatic N) is 4. The molecule has 0 spiro atoms. The minimum atomic E-state index is -1.59. The number of ether oxygens (including phenoxy) is 2. The van der Waals surface area contributed by atoms with Crippen molar-refractivity contribution in [2.45, 2.75) is 134 Å². The van der Waals surface area contributed by atoms with Crippen LogP contribution in [-0.4, -0.2) is 97.6 Å². The van der Waals surface area contributed by atoms with E-state index in [-0.39, 0.29) is 38.3 Å². The molecule has 4 rings (SSSR count). The lowest BCUT2D eigenvalue weighted by Gasteiger charge is -2.35. The Labute approximate surface area is 275 Å². The average molecular weight is 662 g/mol. The number of primary amides is 1. The molecule has 4 amide bonds. The van der Waals surface area contributed by atoms with Gasteiger partial charge >= 0.3 is 6.09 Å². The molecule has 3 fully saturated rings. The highest BCUT2D eigenvalue weighted by molar-refractivity contribution is 6.39. The number of likely N-dealkylation sites (tertiary alicyclic amines) is 1. The van der Waals surface area contributed by atoms with Gasteiger partial charge in [-0.05, 0) is 59.8 Å². The first-order chi connectivity index (χ1) is 22.0. The minimum absolute atomic E-state index is 0.0143. The number of aromatic nitrogens is 3. The van der Waals surface area contributed by atoms with Gasteiger partial charge in [0.15, 0.2) is 0 Å². The summed E-state index contributed by atoms with van der Waals surface area (Å²) < 4.78 is 12.5. The first-order valence-corrected chi connectivity index (χ1v) is 16.7. The number of nitrogens with one attached hydrogen (secondary N) is 2. The van der Waals surface area contributed by atoms with Crippen molar-refractivity contribution in [3.8, 4) is 0 Å². The maximum Gasteiger partial charge on any atom is 0.408 e. The van der Waals surface area contributed by atoms with Crippen LogP contribution in [0.2, 0.25) is 0 Å². The van der Waals surface area contributed by atoms with E-state index in [1.165, 1.54) is 15.8 Å². The van der Waals surface area contributed by atoms with E-state index in [1.807, 2.05) is 0 Å². The maximum atomic E-state index is 14.5. The van der Waals surface area contributed by atoms with E-state index in [1.54, 1.807) is 34.6 Å². The van der Waals surface area contributed by atoms with E-state index < -0.39 is 64.5 Å². The Kier molecular flexibility index (Phi) is 11.3. The quantitative estimate of drug-likeness (QED) is 0.266. The minimum Gasteiger partial charge on any atom is -0.444 e. The Morgan fingerprint density at radius 1 is 1.09 bits per heavy atom. The van der Waals surface area contributed by atoms with Crippen molar-refractivity contribution in [1.82, 2.24) is 30.5 Å². The molecule has 15 heteroatoms. The van der Waals surface area contributed by atoms with Crippen molar-refractivity contribution in [2.24, 2.45) is 11.7 Å². The van der Waals surface area contributed by atoms with Crippen molar-refractivity contribution in [3.05, 3.63) is 11.9 Å². The average Bonchev–Trinajstić information content (AvgIpc) is 3.59. The number of Topliss-reactive ketones (excluding diaryl/α,β-unsaturated/α-hetero) is 1. The summed E-state index contributed by atoms with van der Waals surface area (Å²) in [5.41, 5.74) is 2.11. The fraction of sp³-hybridized carbons (Fsp3) is 0.781. The van der Waals surface area contributed by atoms with Gasteiger partial charge in [0.1, 0.15) is 28.8 Å². The third-order valence-corrected chi connectivity index (χ3v) is 9.28. The van der Waals surface area contributed by atoms with Gasteiger partial charge in [-0.15, -0.1) is 5.10 Å². The normalized spacial score (nSPS) is 25.0. The molecule has 2 aliphatic heterocycles. The van der Waals surface area contributed by atoms with Crippen LogP contribution in [0.25, 0.3) is 0 Å². The van der Waals surface area contributed by atoms with Crippen LogP contribution in [0.5, 0.6) is 0 Å². The largest absolute Gasteiger partial charge is 0.444 e. The molecule has 4 atom stereocenters. The molecule has 47 heavy (non-hydrogen) atoms. The number of alkyl carbamates (subject to hydrolysis) is 1. The van der Waals surface area contributed by atoms with Crippen molar-refractivity contribution in [1.29, 1.82) is 0 Å². The van der Waals surface area contributed by atoms with Gasteiger partial charge in [0, 0.05) is 32.6 Å². The number of nitrogens with two attached hydrogens (primary N) is 1. The zero-order valence-corrected chi connectivity index (χ0v) is 28.3. The number of ketones is 1. The third kappa shape index (κ3) is 9.06. The van der Waals surface area contributed by atoms with Crippen LogP contribution in [0.1, 0.15) is 111 Å². The van der Waals surface area contributed by atoms with Gasteiger partial charge in [0.05, 0.1) is 17.9 Å². The molecule has 15 nitrogen and oxygen atoms in total. The Bertz CT molecular complexity index is 1300. The van der Waals surface area contributed by atoms with Crippen molar-refractivity contribution >= 4 is 29.6 Å². The zero-order valence-electron chi connectivity index (χ0n) is 28.3. The molecule has 1 aromatic heterocycles. The molecule has 0 bridgehead atoms. The monoisotopic (exact) mass is 661 g/mol. The van der Waals surface area contributed by atoms with E-state index in [2.05, 4.69) is 20.9 Å². The molecule has 0 radical (unpaired) electrons. The lowest BCUT2D eigenvalue weighted by atomic mass is 9.84. The molecule has 2 saturated heterocycles. The van der Waals surface area contributed by atoms with Crippen LogP contribution < -0.4 is 16.4 Å². The Balaban J connectivity index is 1.69. The highest BCUT2D eigenvalue weighted by Crippen LogP contribution is 2.34. The summed E-state index contributed by atoms with van der Waals surface area (Å²) in [6, 6.07) is -2.67. The van der Waals surface area contributed by atoms with Crippen LogP contribution >= 0.6 is 0 Å². The van der Waals surface area contributed by atoms with Crippen molar-refractivity contribution < 1.29 is 38.6 Å². The van der Waals surface area contributed by atoms with E-state index in [0.29, 0.717) is 25.1 Å². The highest BCUT2D eigenvalue weighted by atomic mass is 16.6. The second-order valence-electron chi connectivity index (χ2n) is 14.7. The van der Waals surface area contributed by atoms with Crippen LogP contribution in [0.4, 0.5) is 4.79 Å². The lowest BCUT2D eigenvalue weighted by molar-refractivity contribution is -0.145. The van der Waals surface area contributed by atoms with Crippen LogP contribution in [0.15, 0.2) is 6.20 Å². The summed E-state index contributed by atoms with van der Waals surface area (Å²) in [6.45, 7) is 8.87. The molecule has 1 aliphatic carbocycles. The van der Waals surface area contributed by atoms with Gasteiger partial charge < -0.3 is 35.8 Å². The van der Waals surface area contributed by atoms with Crippen LogP contribution in [0, 0.1) is 5.92 Å². The van der Waals surface area contributed by atoms with Gasteiger partial charge in [-0.3, -0.25) is 19.2 Å². The standard InChI is InChI=1S/C32H51N7O8/c1-30(2,3)47-29(44)35-22(16-20-10-7-6-8-11-20)28(43)38-19-21(39-24(18-34-37-39)31(4,5)45)17-23(38)27(42)36-32(25(40)26(33)41)12-9-14-46-15-13-32/h18,20-23,45H,6-17,19H2,1-5H3,(H2,33,41)(H,35,44)(H,36,42)/t21-,22?,23-,32?/m0/s1. The summed E-state index contributed by atoms with van der Waals surface area (Å²) in [5.74, 6) is -3.02. The number of amides is 4. The fourth-order valence-electron chi connectivity index (χ4n) is 6.98. The highest BCUT2D eigenvalue weighted by Gasteiger charge is 2.49. The molecule has 3 aliphatic rings. The van der Waals surface area contributed by atoms with Crippen LogP contribution in [0.3, 0.4) is 0 Å². The topological polar surface area (TPSA) is 208 Å². The molecular weight excluding hydrogens is 610 g/mol. The zero-order chi connectivity index (χ0) is 34.6. The van der Waals surface area contributed by atoms with Gasteiger partial charge in [0.2, 0.25) is 17.6 Å². The molecule has 1 aromatic rings. The van der Waals surface area contributed by atoms with Gasteiger partial charge in [-0.25, -0.2) is 9.48 Å². The number of carbonyl (C=O) groups is 5. The lowest BCUT2D eigenvalue weighted by Crippen LogP contribution is -2.62. The molecule has 262 valence electrons. The van der Waals surface area contributed by atoms with E-state index in [4.69, 9.17) is 15.2 Å². The second-order valence-corrected chi connectivity index (χ2v) is 14.7. The van der Waals surface area contributed by atoms with Gasteiger partial charge in [-0.1, -0.05) is 37.3 Å². The summed E-state index contributed by atoms with van der Waals surface area (Å²) in [5, 5.41) is 24.6. The summed E-state index contributed by atoms with van der Waals surface area (Å²) in [4.78, 5) is 68.5. The molecule has 3 heterocycles. The Morgan fingerprint density at radius 2 is 1.79 bits per heavy atom. The predicted octanol–water partition coefficient (Wildman–Crippen LogP) is 1.62. The van der Waals surface area contributed by atoms with Crippen molar-refractivity contribution in [3.63, 3.8) is 0 Å². The third-order valence-electron chi connectivity index (χ3n) is 9.28. The molecule has 2 unspecified atom stereocenters. The number of carbonyl (C=O) groups excluding carboxylic acids is 5. The fourth-order valence-corrected chi connectivity index (χ4v) is 6.98. The summed E-state index contributed by atoms with van der Waals surface area (Å²) in [6.07, 6.45) is 6.73. The SMILES string of the molecule is CC(C)(C)OC(=O)NC(CC1CCCCC1)C(=O)N1C[C@@H](n2nncc2C(C)(C)O)C[C@H]1C(=O)NC1(C(=O)C(N)=O)CCCOCC1. The number of aliphatic hydroxyl groups is 1. The summed E-state index contributed by atoms with van der Waals surface area (Å²) >= 11 is 0. The molecule has 1 saturated carbocycles. The second kappa shape index (κ2) is 14.7. The van der Waals surface area contributed by atoms with Crippen LogP contribution in [-0.2, 0) is 34.3 Å². The van der Waals surface area contributed by atoms with Gasteiger partial charge in [-0.2, -0.15) is 0 Å². The maximum absolute atomic E-state index is 14.5. The molecule has 5 N–H and O–H groups in total. The number of hydrogen-bond donors (Lipinski definition) is 4. The van der Waals surface area contributed by atoms with E-state index >= 15 is 0 Å². The van der Waals surface area contributed by atoms with Gasteiger partial charge in [0.25, 0.3) is 5.91 Å². The first kappa shape index (κ1) is 36.2. The van der Waals surface area contributed by atoms with E-state index in [0.717, 1.165) is 32.1 Å².